The first-order valence-electron chi connectivity index (χ1n) is 7.06. The van der Waals surface area contributed by atoms with Crippen molar-refractivity contribution in [2.45, 2.75) is 31.1 Å². The molecule has 1 aliphatic carbocycles. The third-order valence-corrected chi connectivity index (χ3v) is 4.59. The molecule has 1 amide bonds. The maximum Gasteiger partial charge on any atom is 0.233 e. The van der Waals surface area contributed by atoms with E-state index in [1.54, 1.807) is 7.11 Å². The van der Waals surface area contributed by atoms with E-state index in [1.165, 1.54) is 12.8 Å². The molecule has 1 aliphatic heterocycles. The zero-order valence-electron chi connectivity index (χ0n) is 11.7. The van der Waals surface area contributed by atoms with Crippen LogP contribution in [0.5, 0.6) is 5.75 Å². The molecule has 1 heterocycles. The molecule has 1 aromatic carbocycles. The van der Waals surface area contributed by atoms with Crippen molar-refractivity contribution in [2.24, 2.45) is 5.92 Å². The number of rotatable bonds is 4. The van der Waals surface area contributed by atoms with Gasteiger partial charge in [0.1, 0.15) is 5.75 Å². The third-order valence-electron chi connectivity index (χ3n) is 4.59. The molecular weight excluding hydrogens is 238 g/mol. The lowest BCUT2D eigenvalue weighted by Crippen LogP contribution is -2.36. The lowest BCUT2D eigenvalue weighted by molar-refractivity contribution is -0.131. The second-order valence-electron chi connectivity index (χ2n) is 5.94. The average molecular weight is 259 g/mol. The van der Waals surface area contributed by atoms with Gasteiger partial charge in [0.15, 0.2) is 0 Å². The minimum atomic E-state index is -0.301. The predicted octanol–water partition coefficient (Wildman–Crippen LogP) is 2.60. The summed E-state index contributed by atoms with van der Waals surface area (Å²) in [5.74, 6) is 1.87. The summed E-state index contributed by atoms with van der Waals surface area (Å²) < 4.78 is 5.32. The first-order valence-corrected chi connectivity index (χ1v) is 7.06. The molecule has 0 N–H and O–H groups in total. The normalized spacial score (nSPS) is 26.8. The average Bonchev–Trinajstić information content (AvgIpc) is 3.21. The van der Waals surface area contributed by atoms with Crippen molar-refractivity contribution in [1.82, 2.24) is 4.90 Å². The summed E-state index contributed by atoms with van der Waals surface area (Å²) >= 11 is 0. The van der Waals surface area contributed by atoms with Gasteiger partial charge in [-0.05, 0) is 36.5 Å². The summed E-state index contributed by atoms with van der Waals surface area (Å²) in [6.07, 6.45) is 4.50. The Morgan fingerprint density at radius 1 is 1.42 bits per heavy atom. The van der Waals surface area contributed by atoms with Crippen molar-refractivity contribution < 1.29 is 9.53 Å². The van der Waals surface area contributed by atoms with Crippen molar-refractivity contribution in [3.8, 4) is 5.75 Å². The van der Waals surface area contributed by atoms with E-state index in [4.69, 9.17) is 4.74 Å². The topological polar surface area (TPSA) is 29.5 Å². The van der Waals surface area contributed by atoms with Crippen LogP contribution >= 0.6 is 0 Å². The van der Waals surface area contributed by atoms with Gasteiger partial charge < -0.3 is 9.64 Å². The Bertz CT molecular complexity index is 495. The standard InChI is InChI=1S/C16H21NO2/c1-17-9-8-16(15(17)18,11-12-6-7-12)13-4-3-5-14(10-13)19-2/h3-5,10,12H,6-9,11H2,1-2H3. The first kappa shape index (κ1) is 12.5. The Labute approximate surface area is 114 Å². The highest BCUT2D eigenvalue weighted by atomic mass is 16.5. The lowest BCUT2D eigenvalue weighted by atomic mass is 9.74. The molecule has 2 aliphatic rings. The van der Waals surface area contributed by atoms with Crippen LogP contribution in [0.25, 0.3) is 0 Å². The molecular formula is C16H21NO2. The van der Waals surface area contributed by atoms with Crippen molar-refractivity contribution in [3.05, 3.63) is 29.8 Å². The van der Waals surface area contributed by atoms with Gasteiger partial charge in [0.25, 0.3) is 0 Å². The summed E-state index contributed by atoms with van der Waals surface area (Å²) in [4.78, 5) is 14.6. The largest absolute Gasteiger partial charge is 0.497 e. The van der Waals surface area contributed by atoms with Gasteiger partial charge in [0.2, 0.25) is 5.91 Å². The Hall–Kier alpha value is -1.51. The maximum absolute atomic E-state index is 12.7. The van der Waals surface area contributed by atoms with Gasteiger partial charge in [-0.1, -0.05) is 25.0 Å². The van der Waals surface area contributed by atoms with Crippen molar-refractivity contribution in [3.63, 3.8) is 0 Å². The molecule has 1 atom stereocenters. The van der Waals surface area contributed by atoms with Crippen LogP contribution in [0.4, 0.5) is 0 Å². The Kier molecular flexibility index (Phi) is 3.00. The Morgan fingerprint density at radius 3 is 2.79 bits per heavy atom. The predicted molar refractivity (Wildman–Crippen MR) is 74.3 cm³/mol. The number of amides is 1. The highest BCUT2D eigenvalue weighted by Crippen LogP contribution is 2.47. The van der Waals surface area contributed by atoms with Crippen LogP contribution in [-0.2, 0) is 10.2 Å². The summed E-state index contributed by atoms with van der Waals surface area (Å²) in [6, 6.07) is 8.06. The molecule has 1 unspecified atom stereocenters. The van der Waals surface area contributed by atoms with Gasteiger partial charge in [0, 0.05) is 13.6 Å². The zero-order valence-corrected chi connectivity index (χ0v) is 11.7. The highest BCUT2D eigenvalue weighted by molar-refractivity contribution is 5.90. The molecule has 3 rings (SSSR count). The van der Waals surface area contributed by atoms with E-state index in [9.17, 15) is 4.79 Å². The number of carbonyl (C=O) groups is 1. The first-order chi connectivity index (χ1) is 9.15. The van der Waals surface area contributed by atoms with Crippen LogP contribution in [0.2, 0.25) is 0 Å². The molecule has 0 aromatic heterocycles. The summed E-state index contributed by atoms with van der Waals surface area (Å²) in [6.45, 7) is 0.864. The maximum atomic E-state index is 12.7. The fraction of sp³-hybridized carbons (Fsp3) is 0.562. The van der Waals surface area contributed by atoms with E-state index >= 15 is 0 Å². The van der Waals surface area contributed by atoms with Crippen LogP contribution in [0.3, 0.4) is 0 Å². The number of ether oxygens (including phenoxy) is 1. The molecule has 3 heteroatoms. The van der Waals surface area contributed by atoms with Gasteiger partial charge in [-0.15, -0.1) is 0 Å². The minimum Gasteiger partial charge on any atom is -0.497 e. The second-order valence-corrected chi connectivity index (χ2v) is 5.94. The minimum absolute atomic E-state index is 0.285. The molecule has 1 aromatic rings. The number of carbonyl (C=O) groups excluding carboxylic acids is 1. The van der Waals surface area contributed by atoms with Gasteiger partial charge in [-0.3, -0.25) is 4.79 Å². The van der Waals surface area contributed by atoms with Crippen LogP contribution in [0.15, 0.2) is 24.3 Å². The van der Waals surface area contributed by atoms with Crippen LogP contribution in [-0.4, -0.2) is 31.5 Å². The van der Waals surface area contributed by atoms with Crippen molar-refractivity contribution >= 4 is 5.91 Å². The van der Waals surface area contributed by atoms with Gasteiger partial charge in [-0.2, -0.15) is 0 Å². The zero-order chi connectivity index (χ0) is 13.5. The van der Waals surface area contributed by atoms with E-state index in [0.717, 1.165) is 36.6 Å². The monoisotopic (exact) mass is 259 g/mol. The van der Waals surface area contributed by atoms with E-state index in [-0.39, 0.29) is 11.3 Å². The SMILES string of the molecule is COc1cccc(C2(CC3CC3)CCN(C)C2=O)c1. The van der Waals surface area contributed by atoms with Gasteiger partial charge >= 0.3 is 0 Å². The summed E-state index contributed by atoms with van der Waals surface area (Å²) in [7, 11) is 3.59. The number of hydrogen-bond acceptors (Lipinski definition) is 2. The Morgan fingerprint density at radius 2 is 2.21 bits per heavy atom. The smallest absolute Gasteiger partial charge is 0.233 e. The summed E-state index contributed by atoms with van der Waals surface area (Å²) in [5, 5.41) is 0. The van der Waals surface area contributed by atoms with Crippen LogP contribution in [0, 0.1) is 5.92 Å². The van der Waals surface area contributed by atoms with E-state index in [0.29, 0.717) is 0 Å². The fourth-order valence-electron chi connectivity index (χ4n) is 3.24. The molecule has 19 heavy (non-hydrogen) atoms. The number of nitrogens with zero attached hydrogens (tertiary/aromatic N) is 1. The Balaban J connectivity index is 2.00. The van der Waals surface area contributed by atoms with Gasteiger partial charge in [-0.25, -0.2) is 0 Å². The van der Waals surface area contributed by atoms with E-state index < -0.39 is 0 Å². The molecule has 3 nitrogen and oxygen atoms in total. The van der Waals surface area contributed by atoms with Gasteiger partial charge in [0.05, 0.1) is 12.5 Å². The quantitative estimate of drug-likeness (QED) is 0.832. The molecule has 1 saturated carbocycles. The molecule has 1 saturated heterocycles. The molecule has 102 valence electrons. The van der Waals surface area contributed by atoms with E-state index in [2.05, 4.69) is 6.07 Å². The number of benzene rings is 1. The molecule has 0 spiro atoms. The lowest BCUT2D eigenvalue weighted by Gasteiger charge is -2.28. The molecule has 0 bridgehead atoms. The van der Waals surface area contributed by atoms with E-state index in [1.807, 2.05) is 30.1 Å². The molecule has 0 radical (unpaired) electrons. The number of likely N-dealkylation sites (tertiary alicyclic amines) is 1. The number of hydrogen-bond donors (Lipinski definition) is 0. The third kappa shape index (κ3) is 2.11. The highest BCUT2D eigenvalue weighted by Gasteiger charge is 2.49. The number of methoxy groups -OCH3 is 1. The van der Waals surface area contributed by atoms with Crippen molar-refractivity contribution in [1.29, 1.82) is 0 Å². The van der Waals surface area contributed by atoms with Crippen molar-refractivity contribution in [2.75, 3.05) is 20.7 Å². The summed E-state index contributed by atoms with van der Waals surface area (Å²) in [5.41, 5.74) is 0.831. The van der Waals surface area contributed by atoms with Crippen LogP contribution in [0.1, 0.15) is 31.2 Å². The second kappa shape index (κ2) is 4.55. The van der Waals surface area contributed by atoms with Crippen LogP contribution < -0.4 is 4.74 Å². The number of likely N-dealkylation sites (N-methyl/N-ethyl adjacent to an activating group) is 1. The fourth-order valence-corrected chi connectivity index (χ4v) is 3.24. The molecule has 2 fully saturated rings.